The molecule has 0 N–H and O–H groups in total. The molecule has 29 heavy (non-hydrogen) atoms. The molecule has 1 atom stereocenters. The van der Waals surface area contributed by atoms with Gasteiger partial charge >= 0.3 is 0 Å². The first-order valence-electron chi connectivity index (χ1n) is 10.2. The highest BCUT2D eigenvalue weighted by Crippen LogP contribution is 2.35. The number of carbonyl (C=O) groups is 1. The molecule has 2 aliphatic heterocycles. The predicted molar refractivity (Wildman–Crippen MR) is 115 cm³/mol. The van der Waals surface area contributed by atoms with Gasteiger partial charge in [-0.3, -0.25) is 9.69 Å². The lowest BCUT2D eigenvalue weighted by Crippen LogP contribution is -2.40. The molecular formula is C23H26ClN3O2. The number of hydrogen-bond donors (Lipinski definition) is 0. The van der Waals surface area contributed by atoms with Crippen LogP contribution in [-0.4, -0.2) is 48.3 Å². The van der Waals surface area contributed by atoms with Gasteiger partial charge in [-0.15, -0.1) is 0 Å². The highest BCUT2D eigenvalue weighted by atomic mass is 35.5. The molecule has 0 aliphatic carbocycles. The fourth-order valence-electron chi connectivity index (χ4n) is 4.07. The van der Waals surface area contributed by atoms with Crippen LogP contribution in [0.3, 0.4) is 0 Å². The summed E-state index contributed by atoms with van der Waals surface area (Å²) in [6.07, 6.45) is 4.20. The lowest BCUT2D eigenvalue weighted by molar-refractivity contribution is -0.134. The van der Waals surface area contributed by atoms with Crippen molar-refractivity contribution in [3.8, 4) is 5.75 Å². The normalized spacial score (nSPS) is 19.9. The van der Waals surface area contributed by atoms with Crippen LogP contribution in [0.15, 0.2) is 53.6 Å². The van der Waals surface area contributed by atoms with Crippen LogP contribution in [-0.2, 0) is 4.79 Å². The van der Waals surface area contributed by atoms with Crippen molar-refractivity contribution in [3.05, 3.63) is 64.7 Å². The van der Waals surface area contributed by atoms with E-state index in [2.05, 4.69) is 4.90 Å². The molecule has 0 saturated carbocycles. The number of hydrogen-bond acceptors (Lipinski definition) is 4. The van der Waals surface area contributed by atoms with Crippen molar-refractivity contribution in [2.75, 3.05) is 26.7 Å². The number of methoxy groups -OCH3 is 1. The SMILES string of the molecule is COc1ccc([C@H]2CC(c3ccccc3Cl)=NN2C(=O)CN2CCCCC2)cc1. The number of carbonyl (C=O) groups excluding carboxylic acids is 1. The topological polar surface area (TPSA) is 45.1 Å². The zero-order valence-corrected chi connectivity index (χ0v) is 17.4. The molecule has 152 valence electrons. The van der Waals surface area contributed by atoms with Gasteiger partial charge in [-0.2, -0.15) is 5.10 Å². The maximum atomic E-state index is 13.2. The fraction of sp³-hybridized carbons (Fsp3) is 0.391. The Morgan fingerprint density at radius 1 is 1.10 bits per heavy atom. The second-order valence-corrected chi connectivity index (χ2v) is 8.00. The van der Waals surface area contributed by atoms with Crippen molar-refractivity contribution in [1.29, 1.82) is 0 Å². The number of likely N-dealkylation sites (tertiary alicyclic amines) is 1. The number of rotatable bonds is 5. The van der Waals surface area contributed by atoms with Gasteiger partial charge in [0.15, 0.2) is 0 Å². The Hall–Kier alpha value is -2.37. The van der Waals surface area contributed by atoms with Gasteiger partial charge in [0.2, 0.25) is 0 Å². The van der Waals surface area contributed by atoms with Crippen LogP contribution in [0.4, 0.5) is 0 Å². The van der Waals surface area contributed by atoms with E-state index in [4.69, 9.17) is 21.4 Å². The first kappa shape index (κ1) is 19.9. The Morgan fingerprint density at radius 2 is 1.83 bits per heavy atom. The van der Waals surface area contributed by atoms with Crippen LogP contribution < -0.4 is 4.74 Å². The summed E-state index contributed by atoms with van der Waals surface area (Å²) in [6, 6.07) is 15.4. The molecular weight excluding hydrogens is 386 g/mol. The lowest BCUT2D eigenvalue weighted by atomic mass is 9.98. The van der Waals surface area contributed by atoms with Crippen LogP contribution >= 0.6 is 11.6 Å². The van der Waals surface area contributed by atoms with Gasteiger partial charge in [0.05, 0.1) is 25.4 Å². The Bertz CT molecular complexity index is 891. The Labute approximate surface area is 176 Å². The van der Waals surface area contributed by atoms with Gasteiger partial charge in [-0.1, -0.05) is 48.4 Å². The van der Waals surface area contributed by atoms with Crippen molar-refractivity contribution >= 4 is 23.2 Å². The first-order chi connectivity index (χ1) is 14.2. The second-order valence-electron chi connectivity index (χ2n) is 7.59. The summed E-state index contributed by atoms with van der Waals surface area (Å²) in [6.45, 7) is 2.37. The van der Waals surface area contributed by atoms with E-state index in [0.717, 1.165) is 48.5 Å². The smallest absolute Gasteiger partial charge is 0.257 e. The molecule has 2 aromatic rings. The van der Waals surface area contributed by atoms with Gasteiger partial charge < -0.3 is 4.74 Å². The summed E-state index contributed by atoms with van der Waals surface area (Å²) in [4.78, 5) is 15.4. The summed E-state index contributed by atoms with van der Waals surface area (Å²) in [5.41, 5.74) is 2.79. The number of amides is 1. The van der Waals surface area contributed by atoms with Crippen molar-refractivity contribution in [1.82, 2.24) is 9.91 Å². The molecule has 1 amide bonds. The van der Waals surface area contributed by atoms with Gasteiger partial charge in [-0.05, 0) is 49.7 Å². The van der Waals surface area contributed by atoms with E-state index < -0.39 is 0 Å². The Kier molecular flexibility index (Phi) is 6.16. The summed E-state index contributed by atoms with van der Waals surface area (Å²) in [7, 11) is 1.65. The molecule has 1 saturated heterocycles. The number of halogens is 1. The van der Waals surface area contributed by atoms with Gasteiger partial charge in [0, 0.05) is 17.0 Å². The van der Waals surface area contributed by atoms with E-state index in [1.807, 2.05) is 48.5 Å². The predicted octanol–water partition coefficient (Wildman–Crippen LogP) is 4.51. The zero-order valence-electron chi connectivity index (χ0n) is 16.7. The third kappa shape index (κ3) is 4.46. The van der Waals surface area contributed by atoms with Crippen LogP contribution in [0.1, 0.15) is 42.9 Å². The maximum absolute atomic E-state index is 13.2. The highest BCUT2D eigenvalue weighted by Gasteiger charge is 2.34. The number of nitrogens with zero attached hydrogens (tertiary/aromatic N) is 3. The minimum Gasteiger partial charge on any atom is -0.497 e. The van der Waals surface area contributed by atoms with Crippen LogP contribution in [0.25, 0.3) is 0 Å². The number of hydrazone groups is 1. The average molecular weight is 412 g/mol. The molecule has 0 unspecified atom stereocenters. The summed E-state index contributed by atoms with van der Waals surface area (Å²) in [5.74, 6) is 0.833. The largest absolute Gasteiger partial charge is 0.497 e. The quantitative estimate of drug-likeness (QED) is 0.727. The van der Waals surface area contributed by atoms with Crippen LogP contribution in [0.2, 0.25) is 5.02 Å². The molecule has 0 aromatic heterocycles. The van der Waals surface area contributed by atoms with Gasteiger partial charge in [0.1, 0.15) is 5.75 Å². The highest BCUT2D eigenvalue weighted by molar-refractivity contribution is 6.34. The standard InChI is InChI=1S/C23H26ClN3O2/c1-29-18-11-9-17(10-12-18)22-15-21(19-7-3-4-8-20(19)24)25-27(22)23(28)16-26-13-5-2-6-14-26/h3-4,7-12,22H,2,5-6,13-16H2,1H3/t22-/m1/s1. The molecule has 0 radical (unpaired) electrons. The molecule has 2 heterocycles. The minimum atomic E-state index is -0.135. The van der Waals surface area contributed by atoms with Crippen molar-refractivity contribution in [2.24, 2.45) is 5.10 Å². The van der Waals surface area contributed by atoms with Gasteiger partial charge in [-0.25, -0.2) is 5.01 Å². The van der Waals surface area contributed by atoms with E-state index >= 15 is 0 Å². The summed E-state index contributed by atoms with van der Waals surface area (Å²) in [5, 5.41) is 7.06. The first-order valence-corrected chi connectivity index (χ1v) is 10.5. The van der Waals surface area contributed by atoms with Crippen molar-refractivity contribution in [2.45, 2.75) is 31.7 Å². The summed E-state index contributed by atoms with van der Waals surface area (Å²) >= 11 is 6.41. The molecule has 0 bridgehead atoms. The molecule has 6 heteroatoms. The third-order valence-corrected chi connectivity index (χ3v) is 5.99. The van der Waals surface area contributed by atoms with E-state index in [0.29, 0.717) is 18.0 Å². The Morgan fingerprint density at radius 3 is 2.52 bits per heavy atom. The van der Waals surface area contributed by atoms with Gasteiger partial charge in [0.25, 0.3) is 5.91 Å². The number of benzene rings is 2. The minimum absolute atomic E-state index is 0.0368. The molecule has 2 aromatic carbocycles. The van der Waals surface area contributed by atoms with Crippen LogP contribution in [0, 0.1) is 0 Å². The molecule has 2 aliphatic rings. The molecule has 0 spiro atoms. The monoisotopic (exact) mass is 411 g/mol. The van der Waals surface area contributed by atoms with E-state index in [-0.39, 0.29) is 11.9 Å². The molecule has 5 nitrogen and oxygen atoms in total. The van der Waals surface area contributed by atoms with Crippen molar-refractivity contribution in [3.63, 3.8) is 0 Å². The third-order valence-electron chi connectivity index (χ3n) is 5.66. The van der Waals surface area contributed by atoms with E-state index in [1.54, 1.807) is 12.1 Å². The zero-order chi connectivity index (χ0) is 20.2. The second kappa shape index (κ2) is 8.97. The lowest BCUT2D eigenvalue weighted by Gasteiger charge is -2.29. The molecule has 4 rings (SSSR count). The number of ether oxygens (including phenoxy) is 1. The molecule has 1 fully saturated rings. The van der Waals surface area contributed by atoms with Crippen LogP contribution in [0.5, 0.6) is 5.75 Å². The average Bonchev–Trinajstić information content (AvgIpc) is 3.20. The maximum Gasteiger partial charge on any atom is 0.257 e. The Balaban J connectivity index is 1.61. The van der Waals surface area contributed by atoms with E-state index in [1.165, 1.54) is 6.42 Å². The van der Waals surface area contributed by atoms with Crippen molar-refractivity contribution < 1.29 is 9.53 Å². The van der Waals surface area contributed by atoms with E-state index in [9.17, 15) is 4.79 Å². The summed E-state index contributed by atoms with van der Waals surface area (Å²) < 4.78 is 5.28. The number of piperidine rings is 1. The fourth-order valence-corrected chi connectivity index (χ4v) is 4.31.